The molecule has 9 heteroatoms. The second-order valence-electron chi connectivity index (χ2n) is 5.84. The van der Waals surface area contributed by atoms with Crippen molar-refractivity contribution in [3.8, 4) is 0 Å². The van der Waals surface area contributed by atoms with E-state index in [1.807, 2.05) is 0 Å². The Morgan fingerprint density at radius 3 is 2.38 bits per heavy atom. The lowest BCUT2D eigenvalue weighted by atomic mass is 9.89. The van der Waals surface area contributed by atoms with Crippen molar-refractivity contribution < 1.29 is 32.7 Å². The van der Waals surface area contributed by atoms with Gasteiger partial charge in [0, 0.05) is 25.5 Å². The first-order valence-corrected chi connectivity index (χ1v) is 7.38. The number of anilines is 1. The van der Waals surface area contributed by atoms with Crippen molar-refractivity contribution >= 4 is 23.5 Å². The van der Waals surface area contributed by atoms with Gasteiger partial charge in [-0.15, -0.1) is 0 Å². The van der Waals surface area contributed by atoms with E-state index in [-0.39, 0.29) is 22.7 Å². The first-order chi connectivity index (χ1) is 12.0. The molecule has 0 saturated carbocycles. The van der Waals surface area contributed by atoms with E-state index in [2.05, 4.69) is 0 Å². The molecule has 26 heavy (non-hydrogen) atoms. The molecule has 1 aromatic rings. The number of benzene rings is 1. The highest BCUT2D eigenvalue weighted by molar-refractivity contribution is 6.13. The fourth-order valence-electron chi connectivity index (χ4n) is 2.90. The van der Waals surface area contributed by atoms with Gasteiger partial charge in [0.25, 0.3) is 5.91 Å². The molecular weight excluding hydrogens is 353 g/mol. The lowest BCUT2D eigenvalue weighted by Gasteiger charge is -2.36. The molecule has 1 N–H and O–H groups in total. The molecule has 1 atom stereocenters. The molecule has 1 amide bonds. The van der Waals surface area contributed by atoms with Crippen molar-refractivity contribution in [2.24, 2.45) is 5.92 Å². The SMILES string of the molecule is CC1=C(N(C)C)C(=C=O)C(C(=O)O)C(=O)N1c1cccc(C(F)(F)F)c1. The Kier molecular flexibility index (Phi) is 4.95. The highest BCUT2D eigenvalue weighted by Crippen LogP contribution is 2.38. The van der Waals surface area contributed by atoms with Crippen LogP contribution in [0.15, 0.2) is 41.2 Å². The summed E-state index contributed by atoms with van der Waals surface area (Å²) in [5.41, 5.74) is -1.24. The summed E-state index contributed by atoms with van der Waals surface area (Å²) in [6.45, 7) is 1.42. The zero-order chi connectivity index (χ0) is 19.8. The minimum atomic E-state index is -4.63. The molecule has 0 radical (unpaired) electrons. The van der Waals surface area contributed by atoms with Gasteiger partial charge in [0.15, 0.2) is 5.92 Å². The molecule has 0 aliphatic carbocycles. The zero-order valence-electron chi connectivity index (χ0n) is 14.1. The van der Waals surface area contributed by atoms with Crippen molar-refractivity contribution in [1.82, 2.24) is 4.90 Å². The van der Waals surface area contributed by atoms with E-state index in [0.717, 1.165) is 23.1 Å². The fraction of sp³-hybridized carbons (Fsp3) is 0.294. The monoisotopic (exact) mass is 368 g/mol. The maximum absolute atomic E-state index is 13.0. The number of allylic oxidation sites excluding steroid dienone is 2. The van der Waals surface area contributed by atoms with Crippen LogP contribution in [0.3, 0.4) is 0 Å². The van der Waals surface area contributed by atoms with Crippen molar-refractivity contribution in [1.29, 1.82) is 0 Å². The van der Waals surface area contributed by atoms with Gasteiger partial charge in [-0.05, 0) is 25.1 Å². The largest absolute Gasteiger partial charge is 0.480 e. The summed E-state index contributed by atoms with van der Waals surface area (Å²) in [5.74, 6) is -2.98. The van der Waals surface area contributed by atoms with Crippen molar-refractivity contribution in [3.05, 3.63) is 46.8 Å². The van der Waals surface area contributed by atoms with E-state index in [0.29, 0.717) is 0 Å². The molecule has 0 bridgehead atoms. The van der Waals surface area contributed by atoms with E-state index < -0.39 is 29.5 Å². The number of amides is 1. The molecule has 0 saturated heterocycles. The van der Waals surface area contributed by atoms with Gasteiger partial charge in [0.05, 0.1) is 16.8 Å². The molecule has 0 aromatic heterocycles. The third-order valence-electron chi connectivity index (χ3n) is 3.93. The summed E-state index contributed by atoms with van der Waals surface area (Å²) in [6, 6.07) is 3.98. The molecule has 1 aliphatic rings. The lowest BCUT2D eigenvalue weighted by molar-refractivity contribution is -0.144. The number of hydrogen-bond donors (Lipinski definition) is 1. The zero-order valence-corrected chi connectivity index (χ0v) is 14.1. The van der Waals surface area contributed by atoms with Crippen LogP contribution in [-0.4, -0.2) is 41.9 Å². The number of carbonyl (C=O) groups excluding carboxylic acids is 2. The molecule has 1 heterocycles. The topological polar surface area (TPSA) is 77.9 Å². The Balaban J connectivity index is 2.75. The Hall–Kier alpha value is -3.06. The number of carboxylic acid groups (broad SMARTS) is 1. The highest BCUT2D eigenvalue weighted by Gasteiger charge is 2.44. The van der Waals surface area contributed by atoms with Gasteiger partial charge < -0.3 is 10.0 Å². The number of likely N-dealkylation sites (N-methyl/N-ethyl adjacent to an activating group) is 1. The van der Waals surface area contributed by atoms with E-state index >= 15 is 0 Å². The van der Waals surface area contributed by atoms with E-state index in [1.54, 1.807) is 0 Å². The van der Waals surface area contributed by atoms with Gasteiger partial charge in [0.1, 0.15) is 5.94 Å². The van der Waals surface area contributed by atoms with Gasteiger partial charge in [-0.25, -0.2) is 4.79 Å². The van der Waals surface area contributed by atoms with Crippen molar-refractivity contribution in [2.75, 3.05) is 19.0 Å². The van der Waals surface area contributed by atoms with Crippen LogP contribution in [0.5, 0.6) is 0 Å². The number of carboxylic acids is 1. The van der Waals surface area contributed by atoms with Gasteiger partial charge in [-0.3, -0.25) is 14.5 Å². The first-order valence-electron chi connectivity index (χ1n) is 7.38. The maximum atomic E-state index is 13.0. The number of alkyl halides is 3. The molecule has 2 rings (SSSR count). The van der Waals surface area contributed by atoms with Gasteiger partial charge in [-0.2, -0.15) is 13.2 Å². The number of hydrogen-bond acceptors (Lipinski definition) is 4. The fourth-order valence-corrected chi connectivity index (χ4v) is 2.90. The van der Waals surface area contributed by atoms with Crippen LogP contribution < -0.4 is 4.90 Å². The van der Waals surface area contributed by atoms with Gasteiger partial charge in [-0.1, -0.05) is 6.07 Å². The van der Waals surface area contributed by atoms with Crippen molar-refractivity contribution in [2.45, 2.75) is 13.1 Å². The molecule has 0 fully saturated rings. The molecule has 1 unspecified atom stereocenters. The van der Waals surface area contributed by atoms with Crippen LogP contribution in [0.4, 0.5) is 18.9 Å². The van der Waals surface area contributed by atoms with Gasteiger partial charge in [0.2, 0.25) is 0 Å². The second-order valence-corrected chi connectivity index (χ2v) is 5.84. The van der Waals surface area contributed by atoms with Crippen molar-refractivity contribution in [3.63, 3.8) is 0 Å². The normalized spacial score (nSPS) is 18.1. The standard InChI is InChI=1S/C17H15F3N2O4/c1-9-14(21(2)3)12(8-23)13(16(25)26)15(24)22(9)11-6-4-5-10(7-11)17(18,19)20/h4-7,13H,1-3H3,(H,25,26). The molecule has 1 aromatic carbocycles. The lowest BCUT2D eigenvalue weighted by Crippen LogP contribution is -2.46. The number of nitrogens with zero attached hydrogens (tertiary/aromatic N) is 2. The quantitative estimate of drug-likeness (QED) is 0.654. The Bertz CT molecular complexity index is 852. The number of carbonyl (C=O) groups is 2. The first kappa shape index (κ1) is 19.3. The van der Waals surface area contributed by atoms with Crippen LogP contribution in [-0.2, 0) is 20.6 Å². The second kappa shape index (κ2) is 6.68. The maximum Gasteiger partial charge on any atom is 0.416 e. The summed E-state index contributed by atoms with van der Waals surface area (Å²) >= 11 is 0. The van der Waals surface area contributed by atoms with E-state index in [9.17, 15) is 32.7 Å². The summed E-state index contributed by atoms with van der Waals surface area (Å²) in [5, 5.41) is 9.38. The molecule has 1 aliphatic heterocycles. The van der Waals surface area contributed by atoms with Gasteiger partial charge >= 0.3 is 12.1 Å². The summed E-state index contributed by atoms with van der Waals surface area (Å²) in [6.07, 6.45) is -4.63. The Morgan fingerprint density at radius 1 is 1.31 bits per heavy atom. The third kappa shape index (κ3) is 3.21. The Labute approximate surface area is 146 Å². The average Bonchev–Trinajstić information content (AvgIpc) is 2.52. The number of rotatable bonds is 3. The minimum absolute atomic E-state index is 0.115. The molecule has 138 valence electrons. The summed E-state index contributed by atoms with van der Waals surface area (Å²) in [7, 11) is 3.05. The molecule has 6 nitrogen and oxygen atoms in total. The molecular formula is C17H15F3N2O4. The van der Waals surface area contributed by atoms with Crippen LogP contribution in [0.2, 0.25) is 0 Å². The average molecular weight is 368 g/mol. The predicted octanol–water partition coefficient (Wildman–Crippen LogP) is 2.30. The van der Waals surface area contributed by atoms with Crippen LogP contribution in [0, 0.1) is 5.92 Å². The van der Waals surface area contributed by atoms with E-state index in [4.69, 9.17) is 0 Å². The summed E-state index contributed by atoms with van der Waals surface area (Å²) in [4.78, 5) is 37.8. The molecule has 0 spiro atoms. The van der Waals surface area contributed by atoms with Crippen LogP contribution >= 0.6 is 0 Å². The highest BCUT2D eigenvalue weighted by atomic mass is 19.4. The smallest absolute Gasteiger partial charge is 0.416 e. The van der Waals surface area contributed by atoms with E-state index in [1.165, 1.54) is 37.9 Å². The summed E-state index contributed by atoms with van der Waals surface area (Å²) < 4.78 is 38.9. The van der Waals surface area contributed by atoms with Crippen LogP contribution in [0.1, 0.15) is 12.5 Å². The Morgan fingerprint density at radius 2 is 1.92 bits per heavy atom. The number of halogens is 3. The van der Waals surface area contributed by atoms with Crippen LogP contribution in [0.25, 0.3) is 0 Å². The predicted molar refractivity (Wildman–Crippen MR) is 85.6 cm³/mol. The number of aliphatic carboxylic acids is 1. The minimum Gasteiger partial charge on any atom is -0.480 e. The third-order valence-corrected chi connectivity index (χ3v) is 3.93.